The second-order valence-corrected chi connectivity index (χ2v) is 10.7. The Morgan fingerprint density at radius 3 is 2.81 bits per heavy atom. The van der Waals surface area contributed by atoms with Crippen molar-refractivity contribution in [1.29, 1.82) is 0 Å². The Bertz CT molecular complexity index is 1500. The zero-order valence-electron chi connectivity index (χ0n) is 20.6. The molecule has 0 bridgehead atoms. The van der Waals surface area contributed by atoms with Gasteiger partial charge in [0, 0.05) is 54.1 Å². The summed E-state index contributed by atoms with van der Waals surface area (Å²) in [5, 5.41) is 7.60. The van der Waals surface area contributed by atoms with Crippen molar-refractivity contribution in [3.05, 3.63) is 89.1 Å². The van der Waals surface area contributed by atoms with Crippen molar-refractivity contribution in [1.82, 2.24) is 14.5 Å². The summed E-state index contributed by atoms with van der Waals surface area (Å²) in [4.78, 5) is 14.7. The Hall–Kier alpha value is -3.35. The maximum Gasteiger partial charge on any atom is 0.211 e. The van der Waals surface area contributed by atoms with Gasteiger partial charge in [-0.3, -0.25) is 4.79 Å². The fraction of sp³-hybridized carbons (Fsp3) is 0.300. The van der Waals surface area contributed by atoms with Crippen molar-refractivity contribution in [2.75, 3.05) is 19.7 Å². The van der Waals surface area contributed by atoms with Crippen molar-refractivity contribution in [2.24, 2.45) is 13.0 Å². The molecule has 0 spiro atoms. The number of carbonyl (C=O) groups excluding carboxylic acids is 1. The van der Waals surface area contributed by atoms with Crippen LogP contribution in [0.25, 0.3) is 21.1 Å². The summed E-state index contributed by atoms with van der Waals surface area (Å²) in [5.41, 5.74) is 3.94. The van der Waals surface area contributed by atoms with E-state index in [9.17, 15) is 4.79 Å². The van der Waals surface area contributed by atoms with Gasteiger partial charge in [-0.25, -0.2) is 0 Å². The van der Waals surface area contributed by atoms with E-state index in [1.807, 2.05) is 36.0 Å². The first-order chi connectivity index (χ1) is 17.7. The predicted octanol–water partition coefficient (Wildman–Crippen LogP) is 6.05. The first kappa shape index (κ1) is 23.1. The third-order valence-electron chi connectivity index (χ3n) is 7.33. The number of nitrogens with zero attached hydrogens (tertiary/aromatic N) is 2. The van der Waals surface area contributed by atoms with E-state index in [1.54, 1.807) is 11.3 Å². The molecular formula is C30H31N3O2S. The van der Waals surface area contributed by atoms with Crippen LogP contribution in [0.1, 0.15) is 34.5 Å². The lowest BCUT2D eigenvalue weighted by atomic mass is 10.1. The number of aryl methyl sites for hydroxylation is 3. The van der Waals surface area contributed by atoms with E-state index in [1.165, 1.54) is 12.0 Å². The van der Waals surface area contributed by atoms with Crippen LogP contribution in [0.15, 0.2) is 72.2 Å². The van der Waals surface area contributed by atoms with Crippen molar-refractivity contribution >= 4 is 38.2 Å². The van der Waals surface area contributed by atoms with Gasteiger partial charge in [-0.1, -0.05) is 30.3 Å². The summed E-state index contributed by atoms with van der Waals surface area (Å²) in [5.74, 6) is 1.65. The van der Waals surface area contributed by atoms with Gasteiger partial charge < -0.3 is 19.2 Å². The van der Waals surface area contributed by atoms with Crippen LogP contribution >= 0.6 is 11.3 Å². The quantitative estimate of drug-likeness (QED) is 0.252. The Balaban J connectivity index is 1.14. The van der Waals surface area contributed by atoms with Gasteiger partial charge in [-0.15, -0.1) is 11.3 Å². The van der Waals surface area contributed by atoms with Gasteiger partial charge in [-0.05, 0) is 67.1 Å². The van der Waals surface area contributed by atoms with Gasteiger partial charge in [0.2, 0.25) is 5.78 Å². The molecule has 6 rings (SSSR count). The minimum absolute atomic E-state index is 0.0832. The maximum absolute atomic E-state index is 13.6. The van der Waals surface area contributed by atoms with Crippen LogP contribution < -0.4 is 10.1 Å². The Morgan fingerprint density at radius 2 is 2.00 bits per heavy atom. The highest BCUT2D eigenvalue weighted by atomic mass is 32.1. The molecule has 1 atom stereocenters. The van der Waals surface area contributed by atoms with Gasteiger partial charge in [0.05, 0.1) is 12.3 Å². The van der Waals surface area contributed by atoms with Crippen LogP contribution in [0, 0.1) is 5.92 Å². The fourth-order valence-electron chi connectivity index (χ4n) is 5.29. The number of nitrogens with one attached hydrogen (secondary N) is 1. The molecule has 1 aliphatic heterocycles. The van der Waals surface area contributed by atoms with Crippen molar-refractivity contribution in [3.63, 3.8) is 0 Å². The molecule has 5 nitrogen and oxygen atoms in total. The first-order valence-corrected chi connectivity index (χ1v) is 13.6. The molecule has 0 amide bonds. The van der Waals surface area contributed by atoms with Crippen molar-refractivity contribution in [2.45, 2.75) is 25.8 Å². The Morgan fingerprint density at radius 1 is 1.14 bits per heavy atom. The number of hydrogen-bond donors (Lipinski definition) is 1. The molecule has 0 radical (unpaired) electrons. The highest BCUT2D eigenvalue weighted by molar-refractivity contribution is 7.16. The van der Waals surface area contributed by atoms with E-state index in [-0.39, 0.29) is 5.78 Å². The standard InChI is InChI=1S/C30H31N3O2S/c1-32-28(17-23-13-16-36-30(23)32)29(34)26-19-33(27-7-3-2-6-25(26)27)15-4-5-21-8-10-24(11-9-21)35-20-22-12-14-31-18-22/h2-3,6-11,13,16-17,19,22,31H,4-5,12,14-15,18,20H2,1H3. The van der Waals surface area contributed by atoms with E-state index in [0.29, 0.717) is 5.92 Å². The lowest BCUT2D eigenvalue weighted by Gasteiger charge is -2.11. The molecule has 4 heterocycles. The molecule has 1 N–H and O–H groups in total. The molecule has 1 unspecified atom stereocenters. The van der Waals surface area contributed by atoms with E-state index in [0.717, 1.165) is 77.2 Å². The summed E-state index contributed by atoms with van der Waals surface area (Å²) in [6.45, 7) is 3.81. The van der Waals surface area contributed by atoms with Crippen LogP contribution in [-0.4, -0.2) is 34.6 Å². The zero-order chi connectivity index (χ0) is 24.5. The molecule has 36 heavy (non-hydrogen) atoms. The number of rotatable bonds is 9. The van der Waals surface area contributed by atoms with Crippen molar-refractivity contribution in [3.8, 4) is 5.75 Å². The third kappa shape index (κ3) is 4.47. The lowest BCUT2D eigenvalue weighted by Crippen LogP contribution is -2.15. The van der Waals surface area contributed by atoms with Gasteiger partial charge in [-0.2, -0.15) is 0 Å². The third-order valence-corrected chi connectivity index (χ3v) is 8.34. The summed E-state index contributed by atoms with van der Waals surface area (Å²) < 4.78 is 10.2. The highest BCUT2D eigenvalue weighted by Gasteiger charge is 2.20. The van der Waals surface area contributed by atoms with Crippen molar-refractivity contribution < 1.29 is 9.53 Å². The molecule has 0 aliphatic carbocycles. The van der Waals surface area contributed by atoms with Crippen LogP contribution in [0.4, 0.5) is 0 Å². The number of hydrogen-bond acceptors (Lipinski definition) is 4. The van der Waals surface area contributed by atoms with Gasteiger partial charge in [0.15, 0.2) is 0 Å². The second kappa shape index (κ2) is 9.96. The van der Waals surface area contributed by atoms with E-state index < -0.39 is 0 Å². The van der Waals surface area contributed by atoms with Gasteiger partial charge >= 0.3 is 0 Å². The zero-order valence-corrected chi connectivity index (χ0v) is 21.4. The molecule has 6 heteroatoms. The molecular weight excluding hydrogens is 466 g/mol. The Kier molecular flexibility index (Phi) is 6.38. The Labute approximate surface area is 215 Å². The van der Waals surface area contributed by atoms with Crippen LogP contribution in [0.3, 0.4) is 0 Å². The maximum atomic E-state index is 13.6. The van der Waals surface area contributed by atoms with Gasteiger partial charge in [0.1, 0.15) is 10.6 Å². The highest BCUT2D eigenvalue weighted by Crippen LogP contribution is 2.29. The molecule has 184 valence electrons. The van der Waals surface area contributed by atoms with E-state index in [4.69, 9.17) is 4.74 Å². The number of thiophene rings is 1. The molecule has 1 aliphatic rings. The number of aromatic nitrogens is 2. The number of ether oxygens (including phenoxy) is 1. The summed E-state index contributed by atoms with van der Waals surface area (Å²) in [7, 11) is 1.98. The molecule has 0 saturated carbocycles. The summed E-state index contributed by atoms with van der Waals surface area (Å²) in [6.07, 6.45) is 5.23. The molecule has 5 aromatic rings. The molecule has 3 aromatic heterocycles. The number of ketones is 1. The largest absolute Gasteiger partial charge is 0.493 e. The normalized spacial score (nSPS) is 15.8. The number of carbonyl (C=O) groups is 1. The average Bonchev–Trinajstić information content (AvgIpc) is 3.70. The summed E-state index contributed by atoms with van der Waals surface area (Å²) >= 11 is 1.67. The monoisotopic (exact) mass is 497 g/mol. The van der Waals surface area contributed by atoms with Crippen LogP contribution in [0.2, 0.25) is 0 Å². The van der Waals surface area contributed by atoms with E-state index >= 15 is 0 Å². The number of benzene rings is 2. The smallest absolute Gasteiger partial charge is 0.211 e. The summed E-state index contributed by atoms with van der Waals surface area (Å²) in [6, 6.07) is 20.8. The molecule has 1 fully saturated rings. The molecule has 1 saturated heterocycles. The lowest BCUT2D eigenvalue weighted by molar-refractivity contribution is 0.103. The first-order valence-electron chi connectivity index (χ1n) is 12.8. The van der Waals surface area contributed by atoms with Gasteiger partial charge in [0.25, 0.3) is 0 Å². The van der Waals surface area contributed by atoms with Crippen LogP contribution in [0.5, 0.6) is 5.75 Å². The second-order valence-electron chi connectivity index (χ2n) is 9.77. The topological polar surface area (TPSA) is 48.2 Å². The molecule has 2 aromatic carbocycles. The SMILES string of the molecule is Cn1c(C(=O)c2cn(CCCc3ccc(OCC4CCNC4)cc3)c3ccccc23)cc2ccsc21. The van der Waals surface area contributed by atoms with Crippen LogP contribution in [-0.2, 0) is 20.0 Å². The fourth-order valence-corrected chi connectivity index (χ4v) is 6.16. The predicted molar refractivity (Wildman–Crippen MR) is 147 cm³/mol. The number of fused-ring (bicyclic) bond motifs is 2. The van der Waals surface area contributed by atoms with E-state index in [2.05, 4.69) is 57.7 Å². The number of para-hydroxylation sites is 1. The minimum Gasteiger partial charge on any atom is -0.493 e. The minimum atomic E-state index is 0.0832. The average molecular weight is 498 g/mol.